The van der Waals surface area contributed by atoms with Gasteiger partial charge < -0.3 is 10.2 Å². The highest BCUT2D eigenvalue weighted by Gasteiger charge is 2.10. The van der Waals surface area contributed by atoms with Gasteiger partial charge in [-0.15, -0.1) is 23.1 Å². The van der Waals surface area contributed by atoms with Crippen LogP contribution in [0.15, 0.2) is 16.3 Å². The summed E-state index contributed by atoms with van der Waals surface area (Å²) in [5, 5.41) is 17.7. The van der Waals surface area contributed by atoms with Crippen molar-refractivity contribution in [3.63, 3.8) is 0 Å². The molecule has 0 bridgehead atoms. The minimum absolute atomic E-state index is 0.216. The van der Waals surface area contributed by atoms with Gasteiger partial charge in [-0.25, -0.2) is 0 Å². The predicted molar refractivity (Wildman–Crippen MR) is 58.3 cm³/mol. The monoisotopic (exact) mass is 252 g/mol. The summed E-state index contributed by atoms with van der Waals surface area (Å²) < 4.78 is 1.68. The molecule has 0 fully saturated rings. The lowest BCUT2D eigenvalue weighted by atomic mass is 10.3. The van der Waals surface area contributed by atoms with Crippen molar-refractivity contribution < 1.29 is 15.0 Å². The highest BCUT2D eigenvalue weighted by Crippen LogP contribution is 2.30. The van der Waals surface area contributed by atoms with Crippen LogP contribution < -0.4 is 0 Å². The van der Waals surface area contributed by atoms with Crippen LogP contribution in [0.25, 0.3) is 0 Å². The van der Waals surface area contributed by atoms with Gasteiger partial charge in [0.25, 0.3) is 0 Å². The minimum atomic E-state index is -0.984. The molecule has 14 heavy (non-hydrogen) atoms. The fourth-order valence-electron chi connectivity index (χ4n) is 0.814. The third kappa shape index (κ3) is 4.32. The summed E-state index contributed by atoms with van der Waals surface area (Å²) in [6, 6.07) is 3.63. The molecule has 0 amide bonds. The third-order valence-electron chi connectivity index (χ3n) is 1.38. The Morgan fingerprint density at radius 3 is 2.86 bits per heavy atom. The van der Waals surface area contributed by atoms with Crippen molar-refractivity contribution in [2.75, 3.05) is 5.75 Å². The van der Waals surface area contributed by atoms with E-state index in [1.807, 2.05) is 6.07 Å². The standard InChI is InChI=1S/C8H9ClO3S2/c9-6-1-2-8(14-6)13-4-5(10)3-7(11)12/h1-2,5,10H,3-4H2,(H,11,12). The van der Waals surface area contributed by atoms with E-state index in [4.69, 9.17) is 16.7 Å². The molecule has 0 radical (unpaired) electrons. The molecule has 0 aliphatic rings. The van der Waals surface area contributed by atoms with Crippen molar-refractivity contribution in [1.29, 1.82) is 0 Å². The number of rotatable bonds is 5. The fourth-order valence-corrected chi connectivity index (χ4v) is 3.08. The third-order valence-corrected chi connectivity index (χ3v) is 3.98. The Hall–Kier alpha value is -0.230. The van der Waals surface area contributed by atoms with Crippen molar-refractivity contribution >= 4 is 40.7 Å². The lowest BCUT2D eigenvalue weighted by Gasteiger charge is -2.05. The van der Waals surface area contributed by atoms with Crippen molar-refractivity contribution in [3.8, 4) is 0 Å². The van der Waals surface area contributed by atoms with Crippen LogP contribution in [0, 0.1) is 0 Å². The Morgan fingerprint density at radius 1 is 1.64 bits per heavy atom. The Morgan fingerprint density at radius 2 is 2.36 bits per heavy atom. The first-order valence-electron chi connectivity index (χ1n) is 3.86. The van der Waals surface area contributed by atoms with Crippen LogP contribution in [0.3, 0.4) is 0 Å². The molecule has 1 heterocycles. The van der Waals surface area contributed by atoms with Crippen LogP contribution >= 0.6 is 34.7 Å². The van der Waals surface area contributed by atoms with Gasteiger partial charge in [-0.1, -0.05) is 11.6 Å². The molecule has 6 heteroatoms. The second-order valence-electron chi connectivity index (χ2n) is 2.62. The van der Waals surface area contributed by atoms with Crippen LogP contribution in [-0.4, -0.2) is 28.0 Å². The topological polar surface area (TPSA) is 57.5 Å². The van der Waals surface area contributed by atoms with E-state index in [9.17, 15) is 9.90 Å². The molecule has 1 aromatic heterocycles. The van der Waals surface area contributed by atoms with Gasteiger partial charge in [0, 0.05) is 5.75 Å². The van der Waals surface area contributed by atoms with E-state index in [0.717, 1.165) is 4.21 Å². The van der Waals surface area contributed by atoms with Crippen LogP contribution in [0.2, 0.25) is 4.34 Å². The zero-order valence-corrected chi connectivity index (χ0v) is 9.53. The summed E-state index contributed by atoms with van der Waals surface area (Å²) in [7, 11) is 0. The van der Waals surface area contributed by atoms with Gasteiger partial charge in [0.1, 0.15) is 0 Å². The number of thiophene rings is 1. The predicted octanol–water partition coefficient (Wildman–Crippen LogP) is 2.33. The van der Waals surface area contributed by atoms with Gasteiger partial charge in [-0.2, -0.15) is 0 Å². The van der Waals surface area contributed by atoms with Crippen LogP contribution in [0.1, 0.15) is 6.42 Å². The number of hydrogen-bond acceptors (Lipinski definition) is 4. The first kappa shape index (κ1) is 11.8. The molecule has 0 aromatic carbocycles. The second kappa shape index (κ2) is 5.60. The second-order valence-corrected chi connectivity index (χ2v) is 5.66. The van der Waals surface area contributed by atoms with Crippen LogP contribution in [0.5, 0.6) is 0 Å². The Kier molecular flexibility index (Phi) is 4.74. The van der Waals surface area contributed by atoms with Gasteiger partial charge in [0.15, 0.2) is 0 Å². The number of aliphatic hydroxyl groups is 1. The quantitative estimate of drug-likeness (QED) is 0.790. The molecule has 1 rings (SSSR count). The van der Waals surface area contributed by atoms with E-state index in [-0.39, 0.29) is 6.42 Å². The summed E-state index contributed by atoms with van der Waals surface area (Å²) >= 11 is 8.54. The summed E-state index contributed by atoms with van der Waals surface area (Å²) in [4.78, 5) is 10.2. The molecular formula is C8H9ClO3S2. The van der Waals surface area contributed by atoms with Crippen molar-refractivity contribution in [1.82, 2.24) is 0 Å². The van der Waals surface area contributed by atoms with E-state index in [2.05, 4.69) is 0 Å². The maximum Gasteiger partial charge on any atom is 0.306 e. The van der Waals surface area contributed by atoms with Gasteiger partial charge in [-0.05, 0) is 12.1 Å². The largest absolute Gasteiger partial charge is 0.481 e. The summed E-state index contributed by atoms with van der Waals surface area (Å²) in [5.41, 5.74) is 0. The Labute approximate surface area is 94.7 Å². The highest BCUT2D eigenvalue weighted by molar-refractivity contribution is 8.01. The molecule has 78 valence electrons. The number of carboxylic acid groups (broad SMARTS) is 1. The van der Waals surface area contributed by atoms with E-state index in [0.29, 0.717) is 10.1 Å². The van der Waals surface area contributed by atoms with Crippen molar-refractivity contribution in [2.24, 2.45) is 0 Å². The van der Waals surface area contributed by atoms with E-state index < -0.39 is 12.1 Å². The number of aliphatic hydroxyl groups excluding tert-OH is 1. The molecule has 3 nitrogen and oxygen atoms in total. The molecule has 0 saturated carbocycles. The first-order valence-corrected chi connectivity index (χ1v) is 6.04. The molecule has 1 unspecified atom stereocenters. The fraction of sp³-hybridized carbons (Fsp3) is 0.375. The molecule has 2 N–H and O–H groups in total. The maximum absolute atomic E-state index is 10.2. The van der Waals surface area contributed by atoms with Gasteiger partial charge in [0.05, 0.1) is 21.1 Å². The normalized spacial score (nSPS) is 12.7. The van der Waals surface area contributed by atoms with Gasteiger partial charge >= 0.3 is 5.97 Å². The molecule has 0 aliphatic carbocycles. The summed E-state index contributed by atoms with van der Waals surface area (Å²) in [6.45, 7) is 0. The average molecular weight is 253 g/mol. The lowest BCUT2D eigenvalue weighted by Crippen LogP contribution is -2.15. The SMILES string of the molecule is O=C(O)CC(O)CSc1ccc(Cl)s1. The summed E-state index contributed by atoms with van der Waals surface area (Å²) in [5.74, 6) is -0.606. The number of hydrogen-bond donors (Lipinski definition) is 2. The van der Waals surface area contributed by atoms with E-state index in [1.54, 1.807) is 6.07 Å². The van der Waals surface area contributed by atoms with E-state index >= 15 is 0 Å². The number of carbonyl (C=O) groups is 1. The van der Waals surface area contributed by atoms with Gasteiger partial charge in [-0.3, -0.25) is 4.79 Å². The van der Waals surface area contributed by atoms with Crippen molar-refractivity contribution in [3.05, 3.63) is 16.5 Å². The number of aliphatic carboxylic acids is 1. The van der Waals surface area contributed by atoms with Crippen LogP contribution in [0.4, 0.5) is 0 Å². The Balaban J connectivity index is 2.30. The molecule has 0 aliphatic heterocycles. The molecule has 1 aromatic rings. The van der Waals surface area contributed by atoms with Crippen LogP contribution in [-0.2, 0) is 4.79 Å². The average Bonchev–Trinajstić information content (AvgIpc) is 2.47. The molecule has 1 atom stereocenters. The molecule has 0 spiro atoms. The lowest BCUT2D eigenvalue weighted by molar-refractivity contribution is -0.138. The zero-order chi connectivity index (χ0) is 10.6. The highest BCUT2D eigenvalue weighted by atomic mass is 35.5. The van der Waals surface area contributed by atoms with Crippen molar-refractivity contribution in [2.45, 2.75) is 16.7 Å². The number of thioether (sulfide) groups is 1. The Bertz CT molecular complexity index is 313. The van der Waals surface area contributed by atoms with Gasteiger partial charge in [0.2, 0.25) is 0 Å². The first-order chi connectivity index (χ1) is 6.58. The zero-order valence-electron chi connectivity index (χ0n) is 7.14. The molecule has 0 saturated heterocycles. The summed E-state index contributed by atoms with van der Waals surface area (Å²) in [6.07, 6.45) is -1.02. The van der Waals surface area contributed by atoms with E-state index in [1.165, 1.54) is 23.1 Å². The molecular weight excluding hydrogens is 244 g/mol. The number of carboxylic acids is 1. The smallest absolute Gasteiger partial charge is 0.306 e. The number of halogens is 1. The maximum atomic E-state index is 10.2. The minimum Gasteiger partial charge on any atom is -0.481 e.